The molecule has 3 amide bonds. The Kier molecular flexibility index (Phi) is 7.57. The van der Waals surface area contributed by atoms with Crippen LogP contribution in [0.3, 0.4) is 0 Å². The van der Waals surface area contributed by atoms with Gasteiger partial charge in [0.25, 0.3) is 5.91 Å². The smallest absolute Gasteiger partial charge is 0.342 e. The first-order chi connectivity index (χ1) is 20.5. The highest BCUT2D eigenvalue weighted by Crippen LogP contribution is 2.41. The van der Waals surface area contributed by atoms with Gasteiger partial charge < -0.3 is 15.5 Å². The molecule has 0 spiro atoms. The molecule has 2 aliphatic rings. The van der Waals surface area contributed by atoms with E-state index in [4.69, 9.17) is 1.37 Å². The maximum atomic E-state index is 13.9. The number of alkyl halides is 8. The number of hydrogen-bond donors (Lipinski definition) is 2. The van der Waals surface area contributed by atoms with Gasteiger partial charge in [-0.1, -0.05) is 5.16 Å². The number of imidazole rings is 1. The average molecular weight is 625 g/mol. The molecule has 5 rings (SSSR count). The monoisotopic (exact) mass is 625 g/mol. The van der Waals surface area contributed by atoms with Gasteiger partial charge in [-0.3, -0.25) is 4.79 Å². The van der Waals surface area contributed by atoms with Crippen molar-refractivity contribution in [2.75, 3.05) is 6.54 Å². The summed E-state index contributed by atoms with van der Waals surface area (Å²) in [5.41, 5.74) is -0.616. The Morgan fingerprint density at radius 2 is 1.93 bits per heavy atom. The van der Waals surface area contributed by atoms with Crippen LogP contribution in [0.4, 0.5) is 39.9 Å². The summed E-state index contributed by atoms with van der Waals surface area (Å²) >= 11 is 0. The molecule has 1 aliphatic heterocycles. The van der Waals surface area contributed by atoms with Crippen LogP contribution in [-0.2, 0) is 13.0 Å². The number of amides is 3. The van der Waals surface area contributed by atoms with Crippen molar-refractivity contribution in [1.82, 2.24) is 40.4 Å². The topological polar surface area (TPSA) is 131 Å². The highest BCUT2D eigenvalue weighted by Gasteiger charge is 2.47. The fourth-order valence-corrected chi connectivity index (χ4v) is 5.08. The van der Waals surface area contributed by atoms with Gasteiger partial charge in [0.2, 0.25) is 5.92 Å². The molecular formula is C24H24F8N8O3. The summed E-state index contributed by atoms with van der Waals surface area (Å²) in [6.45, 7) is -1.07. The number of carbonyl (C=O) groups is 2. The van der Waals surface area contributed by atoms with Crippen LogP contribution < -0.4 is 10.6 Å². The van der Waals surface area contributed by atoms with Crippen molar-refractivity contribution in [3.8, 4) is 0 Å². The van der Waals surface area contributed by atoms with Gasteiger partial charge in [-0.25, -0.2) is 27.7 Å². The van der Waals surface area contributed by atoms with Gasteiger partial charge in [-0.2, -0.15) is 31.4 Å². The summed E-state index contributed by atoms with van der Waals surface area (Å²) in [6, 6.07) is -2.80. The molecule has 2 atom stereocenters. The fourth-order valence-electron chi connectivity index (χ4n) is 5.08. The van der Waals surface area contributed by atoms with Crippen LogP contribution in [0.1, 0.15) is 67.0 Å². The van der Waals surface area contributed by atoms with Crippen LogP contribution in [0.5, 0.6) is 0 Å². The van der Waals surface area contributed by atoms with Gasteiger partial charge in [0.15, 0.2) is 11.3 Å². The molecule has 0 unspecified atom stereocenters. The van der Waals surface area contributed by atoms with Gasteiger partial charge in [0, 0.05) is 32.2 Å². The van der Waals surface area contributed by atoms with Crippen LogP contribution >= 0.6 is 0 Å². The Hall–Kier alpha value is -4.06. The first-order valence-corrected chi connectivity index (χ1v) is 13.0. The number of urea groups is 1. The summed E-state index contributed by atoms with van der Waals surface area (Å²) in [7, 11) is 0. The van der Waals surface area contributed by atoms with Gasteiger partial charge >= 0.3 is 18.4 Å². The van der Waals surface area contributed by atoms with Gasteiger partial charge in [0.1, 0.15) is 11.7 Å². The first kappa shape index (κ1) is 29.0. The van der Waals surface area contributed by atoms with Gasteiger partial charge in [0.05, 0.1) is 32.0 Å². The van der Waals surface area contributed by atoms with E-state index < -0.39 is 86.1 Å². The number of rotatable bonds is 8. The molecule has 43 heavy (non-hydrogen) atoms. The number of halogens is 8. The molecule has 19 heteroatoms. The zero-order chi connectivity index (χ0) is 32.0. The summed E-state index contributed by atoms with van der Waals surface area (Å²) in [5.74, 6) is -4.49. The fraction of sp³-hybridized carbons (Fsp3) is 0.583. The van der Waals surface area contributed by atoms with Crippen LogP contribution in [0, 0.1) is 5.92 Å². The van der Waals surface area contributed by atoms with E-state index in [0.29, 0.717) is 0 Å². The van der Waals surface area contributed by atoms with Crippen molar-refractivity contribution in [3.63, 3.8) is 0 Å². The number of hydrogen-bond acceptors (Lipinski definition) is 7. The third kappa shape index (κ3) is 7.12. The van der Waals surface area contributed by atoms with E-state index >= 15 is 0 Å². The minimum Gasteiger partial charge on any atom is -0.342 e. The van der Waals surface area contributed by atoms with E-state index in [9.17, 15) is 44.7 Å². The minimum atomic E-state index is -4.67. The molecule has 0 radical (unpaired) electrons. The van der Waals surface area contributed by atoms with E-state index in [0.717, 1.165) is 9.42 Å². The van der Waals surface area contributed by atoms with Crippen molar-refractivity contribution in [2.24, 2.45) is 5.92 Å². The lowest BCUT2D eigenvalue weighted by Gasteiger charge is -2.33. The quantitative estimate of drug-likeness (QED) is 0.356. The molecule has 1 aliphatic carbocycles. The second-order valence-corrected chi connectivity index (χ2v) is 10.5. The van der Waals surface area contributed by atoms with Crippen molar-refractivity contribution in [1.29, 1.82) is 0 Å². The second kappa shape index (κ2) is 11.2. The van der Waals surface area contributed by atoms with Gasteiger partial charge in [-0.05, 0) is 35.5 Å². The number of aryl methyl sites for hydroxylation is 1. The molecule has 0 bridgehead atoms. The minimum absolute atomic E-state index is 0.0450. The molecular weight excluding hydrogens is 600 g/mol. The third-order valence-corrected chi connectivity index (χ3v) is 7.34. The number of nitrogens with one attached hydrogen (secondary N) is 2. The molecule has 3 aromatic rings. The van der Waals surface area contributed by atoms with Crippen molar-refractivity contribution in [2.45, 2.75) is 75.4 Å². The lowest BCUT2D eigenvalue weighted by molar-refractivity contribution is -0.149. The summed E-state index contributed by atoms with van der Waals surface area (Å²) in [6.07, 6.45) is -11.3. The lowest BCUT2D eigenvalue weighted by atomic mass is 9.81. The highest BCUT2D eigenvalue weighted by molar-refractivity contribution is 5.93. The second-order valence-electron chi connectivity index (χ2n) is 10.5. The zero-order valence-electron chi connectivity index (χ0n) is 23.0. The normalized spacial score (nSPS) is 20.7. The van der Waals surface area contributed by atoms with Crippen molar-refractivity contribution < 1.29 is 50.7 Å². The Morgan fingerprint density at radius 1 is 1.21 bits per heavy atom. The highest BCUT2D eigenvalue weighted by atomic mass is 19.4. The van der Waals surface area contributed by atoms with E-state index in [2.05, 4.69) is 30.3 Å². The Bertz CT molecular complexity index is 1530. The number of nitrogens with zero attached hydrogens (tertiary/aromatic N) is 6. The molecule has 0 aromatic carbocycles. The standard InChI is InChI=1S/C24H24F8N8O3/c25-22(26)4-1-13(2-5-22)18(36-20(41)19-14(37-43-38-19)3-6-23(27,28)29)15-10-40-17(34-15)7-12(8-33-40)9-39-11-16(24(30,31)32)35-21(39)42/h7-8,10,13,16,18H,1-6,9,11H2,(H,35,42)(H,36,41)/t16-,18-/m0/s1/i8D. The summed E-state index contributed by atoms with van der Waals surface area (Å²) in [4.78, 5) is 30.5. The van der Waals surface area contributed by atoms with E-state index in [1.54, 1.807) is 0 Å². The van der Waals surface area contributed by atoms with Crippen LogP contribution in [0.25, 0.3) is 5.65 Å². The van der Waals surface area contributed by atoms with Crippen LogP contribution in [0.15, 0.2) is 23.1 Å². The van der Waals surface area contributed by atoms with Crippen LogP contribution in [-0.4, -0.2) is 72.6 Å². The predicted octanol–water partition coefficient (Wildman–Crippen LogP) is 4.36. The predicted molar refractivity (Wildman–Crippen MR) is 128 cm³/mol. The Labute approximate surface area is 238 Å². The molecule has 2 N–H and O–H groups in total. The molecule has 3 aromatic heterocycles. The first-order valence-electron chi connectivity index (χ1n) is 13.5. The number of fused-ring (bicyclic) bond motifs is 1. The Balaban J connectivity index is 1.41. The Morgan fingerprint density at radius 3 is 2.58 bits per heavy atom. The lowest BCUT2D eigenvalue weighted by Crippen LogP contribution is -2.40. The summed E-state index contributed by atoms with van der Waals surface area (Å²) in [5, 5.41) is 15.3. The van der Waals surface area contributed by atoms with Crippen molar-refractivity contribution in [3.05, 3.63) is 41.1 Å². The molecule has 11 nitrogen and oxygen atoms in total. The molecule has 234 valence electrons. The molecule has 4 heterocycles. The largest absolute Gasteiger partial charge is 0.410 e. The maximum Gasteiger partial charge on any atom is 0.410 e. The van der Waals surface area contributed by atoms with Gasteiger partial charge in [-0.15, -0.1) is 0 Å². The SMILES string of the molecule is [2H]c1nn2cc([C@@H](NC(=O)c3nonc3CCC(F)(F)F)C3CCC(F)(F)CC3)nc2cc1CN1C[C@@H](C(F)(F)F)NC1=O. The van der Waals surface area contributed by atoms with E-state index in [1.165, 1.54) is 12.3 Å². The number of aromatic nitrogens is 5. The van der Waals surface area contributed by atoms with E-state index in [1.807, 2.05) is 5.32 Å². The maximum absolute atomic E-state index is 13.9. The van der Waals surface area contributed by atoms with Crippen molar-refractivity contribution >= 4 is 17.6 Å². The third-order valence-electron chi connectivity index (χ3n) is 7.34. The number of carbonyl (C=O) groups excluding carboxylic acids is 2. The zero-order valence-corrected chi connectivity index (χ0v) is 22.0. The van der Waals surface area contributed by atoms with E-state index in [-0.39, 0.29) is 48.2 Å². The molecule has 1 saturated carbocycles. The average Bonchev–Trinajstić information content (AvgIpc) is 3.64. The molecule has 2 fully saturated rings. The summed E-state index contributed by atoms with van der Waals surface area (Å²) < 4.78 is 119. The molecule has 1 saturated heterocycles. The van der Waals surface area contributed by atoms with Crippen LogP contribution in [0.2, 0.25) is 0 Å².